The summed E-state index contributed by atoms with van der Waals surface area (Å²) in [7, 11) is -3.49. The number of halogens is 1. The fourth-order valence-corrected chi connectivity index (χ4v) is 6.58. The van der Waals surface area contributed by atoms with Crippen LogP contribution in [0.3, 0.4) is 0 Å². The normalized spacial score (nSPS) is 24.9. The van der Waals surface area contributed by atoms with Crippen molar-refractivity contribution >= 4 is 32.7 Å². The van der Waals surface area contributed by atoms with Crippen LogP contribution in [0.2, 0.25) is 0 Å². The molecule has 34 heavy (non-hydrogen) atoms. The van der Waals surface area contributed by atoms with Gasteiger partial charge in [-0.2, -0.15) is 4.31 Å². The molecule has 0 bridgehead atoms. The Morgan fingerprint density at radius 3 is 2.65 bits per heavy atom. The first kappa shape index (κ1) is 24.7. The summed E-state index contributed by atoms with van der Waals surface area (Å²) in [6.07, 6.45) is 4.65. The van der Waals surface area contributed by atoms with Crippen molar-refractivity contribution in [1.82, 2.24) is 19.5 Å². The minimum atomic E-state index is -3.49. The molecule has 4 rings (SSSR count). The van der Waals surface area contributed by atoms with Crippen LogP contribution >= 0.6 is 0 Å². The number of carbonyl (C=O) groups is 2. The smallest absolute Gasteiger partial charge is 0.245 e. The molecule has 0 unspecified atom stereocenters. The molecule has 2 N–H and O–H groups in total. The zero-order valence-electron chi connectivity index (χ0n) is 20.0. The van der Waals surface area contributed by atoms with Crippen molar-refractivity contribution in [2.45, 2.75) is 64.1 Å². The molecular weight excluding hydrogens is 459 g/mol. The second-order valence-electron chi connectivity index (χ2n) is 9.53. The molecule has 2 amide bonds. The number of likely N-dealkylation sites (tertiary alicyclic amines) is 1. The molecule has 5 atom stereocenters. The summed E-state index contributed by atoms with van der Waals surface area (Å²) < 4.78 is 40.5. The standard InChI is InChI=1S/C24H33FN4O4S/c1-5-14(3)23(30)27-19(6-2)24(31)28-10-9-21-22(28)18(13-29(21)34(4,32)33)17-12-26-20-11-15(25)7-8-16(17)20/h7-8,11-12,14,18-19,21-22,26H,5-6,9-10,13H2,1-4H3,(H,27,30)/t14-,18-,19+,21-,22-/m1/s1. The molecule has 2 aliphatic rings. The van der Waals surface area contributed by atoms with Crippen LogP contribution in [0.1, 0.15) is 51.5 Å². The summed E-state index contributed by atoms with van der Waals surface area (Å²) in [4.78, 5) is 31.0. The van der Waals surface area contributed by atoms with Gasteiger partial charge in [-0.25, -0.2) is 12.8 Å². The van der Waals surface area contributed by atoms with Crippen molar-refractivity contribution in [3.05, 3.63) is 35.8 Å². The number of H-pyrrole nitrogens is 1. The Labute approximate surface area is 199 Å². The Morgan fingerprint density at radius 2 is 2.00 bits per heavy atom. The number of rotatable bonds is 7. The summed E-state index contributed by atoms with van der Waals surface area (Å²) in [6.45, 7) is 6.28. The first-order chi connectivity index (χ1) is 16.1. The Kier molecular flexibility index (Phi) is 6.74. The van der Waals surface area contributed by atoms with E-state index in [1.54, 1.807) is 17.2 Å². The number of aromatic nitrogens is 1. The maximum Gasteiger partial charge on any atom is 0.245 e. The van der Waals surface area contributed by atoms with Crippen molar-refractivity contribution in [3.8, 4) is 0 Å². The summed E-state index contributed by atoms with van der Waals surface area (Å²) in [5.41, 5.74) is 1.50. The minimum absolute atomic E-state index is 0.155. The zero-order chi connectivity index (χ0) is 24.8. The number of aromatic amines is 1. The average molecular weight is 493 g/mol. The Balaban J connectivity index is 1.69. The molecule has 2 saturated heterocycles. The second-order valence-corrected chi connectivity index (χ2v) is 11.5. The molecule has 0 radical (unpaired) electrons. The van der Waals surface area contributed by atoms with Crippen molar-refractivity contribution < 1.29 is 22.4 Å². The van der Waals surface area contributed by atoms with Gasteiger partial charge in [0.1, 0.15) is 11.9 Å². The van der Waals surface area contributed by atoms with E-state index in [4.69, 9.17) is 0 Å². The lowest BCUT2D eigenvalue weighted by atomic mass is 9.91. The molecule has 2 aliphatic heterocycles. The van der Waals surface area contributed by atoms with Gasteiger partial charge < -0.3 is 15.2 Å². The third-order valence-electron chi connectivity index (χ3n) is 7.45. The summed E-state index contributed by atoms with van der Waals surface area (Å²) >= 11 is 0. The highest BCUT2D eigenvalue weighted by Gasteiger charge is 2.54. The minimum Gasteiger partial charge on any atom is -0.361 e. The van der Waals surface area contributed by atoms with Gasteiger partial charge in [0.15, 0.2) is 0 Å². The molecule has 1 aromatic carbocycles. The first-order valence-electron chi connectivity index (χ1n) is 11.9. The number of amides is 2. The molecule has 3 heterocycles. The lowest BCUT2D eigenvalue weighted by Gasteiger charge is -2.32. The lowest BCUT2D eigenvalue weighted by Crippen LogP contribution is -2.52. The van der Waals surface area contributed by atoms with E-state index in [0.717, 1.165) is 10.9 Å². The van der Waals surface area contributed by atoms with E-state index in [1.807, 2.05) is 20.8 Å². The third-order valence-corrected chi connectivity index (χ3v) is 8.72. The van der Waals surface area contributed by atoms with Crippen LogP contribution in [-0.2, 0) is 19.6 Å². The number of sulfonamides is 1. The lowest BCUT2D eigenvalue weighted by molar-refractivity contribution is -0.138. The van der Waals surface area contributed by atoms with E-state index in [1.165, 1.54) is 22.7 Å². The predicted octanol–water partition coefficient (Wildman–Crippen LogP) is 2.58. The summed E-state index contributed by atoms with van der Waals surface area (Å²) in [5, 5.41) is 3.71. The molecule has 10 heteroatoms. The highest BCUT2D eigenvalue weighted by atomic mass is 32.2. The second kappa shape index (κ2) is 9.30. The number of fused-ring (bicyclic) bond motifs is 2. The van der Waals surface area contributed by atoms with Gasteiger partial charge in [-0.15, -0.1) is 0 Å². The number of carbonyl (C=O) groups excluding carboxylic acids is 2. The van der Waals surface area contributed by atoms with Crippen LogP contribution in [0.5, 0.6) is 0 Å². The van der Waals surface area contributed by atoms with Crippen LogP contribution in [0.25, 0.3) is 10.9 Å². The van der Waals surface area contributed by atoms with E-state index >= 15 is 0 Å². The molecule has 0 spiro atoms. The predicted molar refractivity (Wildman–Crippen MR) is 128 cm³/mol. The topological polar surface area (TPSA) is 103 Å². The quantitative estimate of drug-likeness (QED) is 0.620. The van der Waals surface area contributed by atoms with E-state index in [0.29, 0.717) is 31.3 Å². The molecule has 0 saturated carbocycles. The van der Waals surface area contributed by atoms with Crippen LogP contribution in [-0.4, -0.2) is 71.9 Å². The van der Waals surface area contributed by atoms with Crippen LogP contribution < -0.4 is 5.32 Å². The number of nitrogens with one attached hydrogen (secondary N) is 2. The Bertz CT molecular complexity index is 1200. The Morgan fingerprint density at radius 1 is 1.26 bits per heavy atom. The monoisotopic (exact) mass is 492 g/mol. The van der Waals surface area contributed by atoms with E-state index < -0.39 is 16.1 Å². The van der Waals surface area contributed by atoms with Gasteiger partial charge in [0, 0.05) is 48.1 Å². The number of benzene rings is 1. The molecule has 186 valence electrons. The molecule has 0 aliphatic carbocycles. The maximum atomic E-state index is 13.7. The van der Waals surface area contributed by atoms with Crippen LogP contribution in [0.15, 0.2) is 24.4 Å². The number of nitrogens with zero attached hydrogens (tertiary/aromatic N) is 2. The van der Waals surface area contributed by atoms with Crippen molar-refractivity contribution in [2.75, 3.05) is 19.3 Å². The fraction of sp³-hybridized carbons (Fsp3) is 0.583. The number of hydrogen-bond acceptors (Lipinski definition) is 4. The molecule has 2 fully saturated rings. The third kappa shape index (κ3) is 4.33. The Hall–Kier alpha value is -2.46. The van der Waals surface area contributed by atoms with Crippen molar-refractivity contribution in [3.63, 3.8) is 0 Å². The largest absolute Gasteiger partial charge is 0.361 e. The molecule has 8 nitrogen and oxygen atoms in total. The average Bonchev–Trinajstić information content (AvgIpc) is 3.49. The van der Waals surface area contributed by atoms with Crippen molar-refractivity contribution in [2.24, 2.45) is 5.92 Å². The molecular formula is C24H33FN4O4S. The molecule has 2 aromatic rings. The SMILES string of the molecule is CC[C@@H](C)C(=O)N[C@@H](CC)C(=O)N1CC[C@@H]2[C@H]1[C@@H](c1c[nH]c3cc(F)ccc13)CN2S(C)(=O)=O. The van der Waals surface area contributed by atoms with E-state index in [2.05, 4.69) is 10.3 Å². The van der Waals surface area contributed by atoms with Crippen LogP contribution in [0.4, 0.5) is 4.39 Å². The highest BCUT2D eigenvalue weighted by molar-refractivity contribution is 7.88. The van der Waals surface area contributed by atoms with Gasteiger partial charge in [-0.1, -0.05) is 20.8 Å². The van der Waals surface area contributed by atoms with Gasteiger partial charge in [-0.05, 0) is 43.0 Å². The fourth-order valence-electron chi connectivity index (χ4n) is 5.42. The van der Waals surface area contributed by atoms with Gasteiger partial charge in [0.25, 0.3) is 0 Å². The zero-order valence-corrected chi connectivity index (χ0v) is 20.9. The van der Waals surface area contributed by atoms with Gasteiger partial charge in [0.05, 0.1) is 12.3 Å². The van der Waals surface area contributed by atoms with E-state index in [9.17, 15) is 22.4 Å². The van der Waals surface area contributed by atoms with Gasteiger partial charge in [-0.3, -0.25) is 9.59 Å². The number of hydrogen-bond donors (Lipinski definition) is 2. The molecule has 1 aromatic heterocycles. The van der Waals surface area contributed by atoms with Crippen LogP contribution in [0, 0.1) is 11.7 Å². The summed E-state index contributed by atoms with van der Waals surface area (Å²) in [6, 6.07) is 3.13. The van der Waals surface area contributed by atoms with E-state index in [-0.39, 0.29) is 48.1 Å². The maximum absolute atomic E-state index is 13.7. The van der Waals surface area contributed by atoms with Gasteiger partial charge >= 0.3 is 0 Å². The van der Waals surface area contributed by atoms with Gasteiger partial charge in [0.2, 0.25) is 21.8 Å². The highest BCUT2D eigenvalue weighted by Crippen LogP contribution is 2.44. The first-order valence-corrected chi connectivity index (χ1v) is 13.8. The van der Waals surface area contributed by atoms with Crippen molar-refractivity contribution in [1.29, 1.82) is 0 Å². The summed E-state index contributed by atoms with van der Waals surface area (Å²) in [5.74, 6) is -1.16.